The van der Waals surface area contributed by atoms with Crippen LogP contribution >= 0.6 is 11.8 Å². The van der Waals surface area contributed by atoms with Crippen LogP contribution in [0.15, 0.2) is 0 Å². The van der Waals surface area contributed by atoms with Gasteiger partial charge in [0, 0.05) is 24.4 Å². The summed E-state index contributed by atoms with van der Waals surface area (Å²) in [5, 5.41) is 8.83. The Morgan fingerprint density at radius 1 is 1.53 bits per heavy atom. The number of fused-ring (bicyclic) bond motifs is 1. The molecule has 3 heterocycles. The van der Waals surface area contributed by atoms with Crippen molar-refractivity contribution in [3.63, 3.8) is 0 Å². The lowest BCUT2D eigenvalue weighted by Crippen LogP contribution is -2.25. The van der Waals surface area contributed by atoms with E-state index in [0.29, 0.717) is 5.25 Å². The fourth-order valence-corrected chi connectivity index (χ4v) is 3.89. The Hall–Kier alpha value is -0.480. The van der Waals surface area contributed by atoms with Crippen LogP contribution in [0.4, 0.5) is 0 Å². The SMILES string of the molecule is Cn1nc(C2CCCS2)c2c1CNCC2. The van der Waals surface area contributed by atoms with Crippen molar-refractivity contribution in [3.05, 3.63) is 17.0 Å². The molecule has 1 aromatic rings. The minimum atomic E-state index is 0.679. The molecule has 3 rings (SSSR count). The number of rotatable bonds is 1. The molecule has 3 nitrogen and oxygen atoms in total. The Morgan fingerprint density at radius 2 is 2.47 bits per heavy atom. The topological polar surface area (TPSA) is 29.9 Å². The molecule has 4 heteroatoms. The zero-order valence-electron chi connectivity index (χ0n) is 9.12. The fourth-order valence-electron chi connectivity index (χ4n) is 2.59. The van der Waals surface area contributed by atoms with Crippen molar-refractivity contribution in [3.8, 4) is 0 Å². The summed E-state index contributed by atoms with van der Waals surface area (Å²) < 4.78 is 2.08. The number of nitrogens with one attached hydrogen (secondary N) is 1. The van der Waals surface area contributed by atoms with E-state index in [0.717, 1.165) is 19.5 Å². The number of aryl methyl sites for hydroxylation is 1. The van der Waals surface area contributed by atoms with Gasteiger partial charge in [0.15, 0.2) is 0 Å². The second-order valence-electron chi connectivity index (χ2n) is 4.36. The van der Waals surface area contributed by atoms with Gasteiger partial charge in [-0.05, 0) is 31.6 Å². The van der Waals surface area contributed by atoms with Crippen LogP contribution in [0.1, 0.15) is 35.0 Å². The molecule has 2 aliphatic heterocycles. The van der Waals surface area contributed by atoms with E-state index in [2.05, 4.69) is 28.8 Å². The summed E-state index contributed by atoms with van der Waals surface area (Å²) in [7, 11) is 2.08. The molecule has 0 radical (unpaired) electrons. The van der Waals surface area contributed by atoms with Gasteiger partial charge in [-0.15, -0.1) is 0 Å². The monoisotopic (exact) mass is 223 g/mol. The molecule has 1 fully saturated rings. The average molecular weight is 223 g/mol. The van der Waals surface area contributed by atoms with Crippen LogP contribution in [-0.2, 0) is 20.0 Å². The molecule has 0 saturated carbocycles. The van der Waals surface area contributed by atoms with Crippen molar-refractivity contribution in [2.45, 2.75) is 31.1 Å². The van der Waals surface area contributed by atoms with Crippen LogP contribution in [-0.4, -0.2) is 22.1 Å². The van der Waals surface area contributed by atoms with Crippen molar-refractivity contribution in [1.29, 1.82) is 0 Å². The van der Waals surface area contributed by atoms with E-state index in [1.807, 2.05) is 0 Å². The van der Waals surface area contributed by atoms with Gasteiger partial charge in [0.2, 0.25) is 0 Å². The summed E-state index contributed by atoms with van der Waals surface area (Å²) in [4.78, 5) is 0. The van der Waals surface area contributed by atoms with E-state index < -0.39 is 0 Å². The highest BCUT2D eigenvalue weighted by atomic mass is 32.2. The molecule has 1 aromatic heterocycles. The number of hydrogen-bond donors (Lipinski definition) is 1. The smallest absolute Gasteiger partial charge is 0.0790 e. The van der Waals surface area contributed by atoms with Gasteiger partial charge >= 0.3 is 0 Å². The van der Waals surface area contributed by atoms with Gasteiger partial charge in [-0.3, -0.25) is 4.68 Å². The molecule has 1 unspecified atom stereocenters. The van der Waals surface area contributed by atoms with Crippen molar-refractivity contribution in [2.24, 2.45) is 7.05 Å². The molecule has 0 aliphatic carbocycles. The third-order valence-electron chi connectivity index (χ3n) is 3.38. The predicted molar refractivity (Wildman–Crippen MR) is 63.1 cm³/mol. The quantitative estimate of drug-likeness (QED) is 0.785. The first-order valence-electron chi connectivity index (χ1n) is 5.73. The van der Waals surface area contributed by atoms with Gasteiger partial charge in [0.1, 0.15) is 0 Å². The Balaban J connectivity index is 1.99. The third-order valence-corrected chi connectivity index (χ3v) is 4.77. The molecule has 0 spiro atoms. The van der Waals surface area contributed by atoms with Crippen molar-refractivity contribution in [1.82, 2.24) is 15.1 Å². The van der Waals surface area contributed by atoms with Crippen molar-refractivity contribution >= 4 is 11.8 Å². The van der Waals surface area contributed by atoms with Crippen LogP contribution in [0.2, 0.25) is 0 Å². The molecule has 0 aromatic carbocycles. The van der Waals surface area contributed by atoms with E-state index >= 15 is 0 Å². The maximum Gasteiger partial charge on any atom is 0.0790 e. The van der Waals surface area contributed by atoms with E-state index in [1.165, 1.54) is 35.5 Å². The Kier molecular flexibility index (Phi) is 2.48. The summed E-state index contributed by atoms with van der Waals surface area (Å²) in [5.74, 6) is 1.31. The maximum atomic E-state index is 4.73. The van der Waals surface area contributed by atoms with Gasteiger partial charge in [0.05, 0.1) is 11.4 Å². The number of thioether (sulfide) groups is 1. The summed E-state index contributed by atoms with van der Waals surface area (Å²) in [6.07, 6.45) is 3.84. The van der Waals surface area contributed by atoms with Crippen molar-refractivity contribution in [2.75, 3.05) is 12.3 Å². The second-order valence-corrected chi connectivity index (χ2v) is 5.67. The number of hydrogen-bond acceptors (Lipinski definition) is 3. The minimum absolute atomic E-state index is 0.679. The Bertz CT molecular complexity index is 366. The molecule has 0 bridgehead atoms. The highest BCUT2D eigenvalue weighted by molar-refractivity contribution is 7.99. The lowest BCUT2D eigenvalue weighted by Gasteiger charge is -2.15. The van der Waals surface area contributed by atoms with Gasteiger partial charge < -0.3 is 5.32 Å². The highest BCUT2D eigenvalue weighted by Crippen LogP contribution is 2.41. The maximum absolute atomic E-state index is 4.73. The minimum Gasteiger partial charge on any atom is -0.311 e. The molecule has 2 aliphatic rings. The average Bonchev–Trinajstić information content (AvgIpc) is 2.87. The van der Waals surface area contributed by atoms with Crippen molar-refractivity contribution < 1.29 is 0 Å². The first-order valence-corrected chi connectivity index (χ1v) is 6.78. The highest BCUT2D eigenvalue weighted by Gasteiger charge is 2.27. The normalized spacial score (nSPS) is 25.5. The van der Waals surface area contributed by atoms with Crippen LogP contribution in [0.25, 0.3) is 0 Å². The summed E-state index contributed by atoms with van der Waals surface area (Å²) in [6, 6.07) is 0. The molecule has 82 valence electrons. The molecular formula is C11H17N3S. The first-order chi connectivity index (χ1) is 7.36. The third kappa shape index (κ3) is 1.60. The van der Waals surface area contributed by atoms with Crippen LogP contribution in [0, 0.1) is 0 Å². The molecule has 1 atom stereocenters. The Morgan fingerprint density at radius 3 is 3.27 bits per heavy atom. The van der Waals surface area contributed by atoms with Crippen LogP contribution in [0.5, 0.6) is 0 Å². The van der Waals surface area contributed by atoms with Gasteiger partial charge in [-0.1, -0.05) is 0 Å². The largest absolute Gasteiger partial charge is 0.311 e. The van der Waals surface area contributed by atoms with E-state index in [-0.39, 0.29) is 0 Å². The van der Waals surface area contributed by atoms with E-state index in [1.54, 1.807) is 0 Å². The molecule has 15 heavy (non-hydrogen) atoms. The molecular weight excluding hydrogens is 206 g/mol. The summed E-state index contributed by atoms with van der Waals surface area (Å²) in [5.41, 5.74) is 4.33. The van der Waals surface area contributed by atoms with E-state index in [9.17, 15) is 0 Å². The summed E-state index contributed by atoms with van der Waals surface area (Å²) >= 11 is 2.09. The lowest BCUT2D eigenvalue weighted by atomic mass is 10.0. The first kappa shape index (κ1) is 9.73. The number of nitrogens with zero attached hydrogens (tertiary/aromatic N) is 2. The molecule has 1 saturated heterocycles. The molecule has 0 amide bonds. The van der Waals surface area contributed by atoms with Gasteiger partial charge in [0.25, 0.3) is 0 Å². The predicted octanol–water partition coefficient (Wildman–Crippen LogP) is 1.63. The zero-order chi connectivity index (χ0) is 10.3. The van der Waals surface area contributed by atoms with Gasteiger partial charge in [-0.25, -0.2) is 0 Å². The van der Waals surface area contributed by atoms with Crippen LogP contribution in [0.3, 0.4) is 0 Å². The fraction of sp³-hybridized carbons (Fsp3) is 0.727. The Labute approximate surface area is 94.6 Å². The van der Waals surface area contributed by atoms with Gasteiger partial charge in [-0.2, -0.15) is 16.9 Å². The lowest BCUT2D eigenvalue weighted by molar-refractivity contribution is 0.593. The second kappa shape index (κ2) is 3.83. The standard InChI is InChI=1S/C11H17N3S/c1-14-9-7-12-5-4-8(9)11(13-14)10-3-2-6-15-10/h10,12H,2-7H2,1H3. The summed E-state index contributed by atoms with van der Waals surface area (Å²) in [6.45, 7) is 2.11. The van der Waals surface area contributed by atoms with Crippen LogP contribution < -0.4 is 5.32 Å². The molecule has 1 N–H and O–H groups in total. The number of aromatic nitrogens is 2. The van der Waals surface area contributed by atoms with E-state index in [4.69, 9.17) is 5.10 Å². The zero-order valence-corrected chi connectivity index (χ0v) is 9.94.